The Morgan fingerprint density at radius 2 is 1.79 bits per heavy atom. The van der Waals surface area contributed by atoms with Crippen molar-refractivity contribution >= 4 is 40.5 Å². The largest absolute Gasteiger partial charge is 0.493 e. The Hall–Kier alpha value is -4.56. The summed E-state index contributed by atoms with van der Waals surface area (Å²) in [6.45, 7) is 0.665. The topological polar surface area (TPSA) is 104 Å². The fourth-order valence-corrected chi connectivity index (χ4v) is 3.75. The summed E-state index contributed by atoms with van der Waals surface area (Å²) < 4.78 is 21.6. The third-order valence-electron chi connectivity index (χ3n) is 5.64. The van der Waals surface area contributed by atoms with Gasteiger partial charge in [0.1, 0.15) is 17.8 Å². The second-order valence-electron chi connectivity index (χ2n) is 8.42. The van der Waals surface area contributed by atoms with Crippen molar-refractivity contribution in [1.29, 1.82) is 0 Å². The van der Waals surface area contributed by atoms with Gasteiger partial charge in [-0.05, 0) is 60.0 Å². The number of carbonyl (C=O) groups excluding carboxylic acids is 2. The number of ether oxygens (including phenoxy) is 3. The van der Waals surface area contributed by atoms with Crippen LogP contribution in [-0.4, -0.2) is 32.1 Å². The molecule has 1 N–H and O–H groups in total. The van der Waals surface area contributed by atoms with E-state index in [-0.39, 0.29) is 18.7 Å². The van der Waals surface area contributed by atoms with E-state index in [1.165, 1.54) is 19.3 Å². The van der Waals surface area contributed by atoms with E-state index in [4.69, 9.17) is 30.2 Å². The highest BCUT2D eigenvalue weighted by Crippen LogP contribution is 2.29. The number of benzene rings is 3. The molecule has 4 aromatic rings. The van der Waals surface area contributed by atoms with Crippen LogP contribution in [0.3, 0.4) is 0 Å². The van der Waals surface area contributed by atoms with Crippen LogP contribution in [0.4, 0.5) is 0 Å². The van der Waals surface area contributed by atoms with Crippen LogP contribution in [-0.2, 0) is 16.1 Å². The number of para-hydroxylation sites is 1. The number of rotatable bonds is 11. The van der Waals surface area contributed by atoms with Crippen molar-refractivity contribution in [2.75, 3.05) is 20.3 Å². The number of methoxy groups -OCH3 is 1. The lowest BCUT2D eigenvalue weighted by molar-refractivity contribution is -0.137. The summed E-state index contributed by atoms with van der Waals surface area (Å²) in [5.74, 6) is 0.0140. The van der Waals surface area contributed by atoms with Crippen LogP contribution in [0, 0.1) is 0 Å². The molecule has 0 atom stereocenters. The lowest BCUT2D eigenvalue weighted by atomic mass is 10.2. The molecule has 1 heterocycles. The molecule has 0 aliphatic carbocycles. The van der Waals surface area contributed by atoms with Crippen molar-refractivity contribution in [2.24, 2.45) is 0 Å². The van der Waals surface area contributed by atoms with Gasteiger partial charge in [0.2, 0.25) is 0 Å². The molecule has 0 aliphatic heterocycles. The number of halogens is 1. The number of amides is 1. The summed E-state index contributed by atoms with van der Waals surface area (Å²) in [7, 11) is 1.54. The van der Waals surface area contributed by atoms with E-state index in [2.05, 4.69) is 5.32 Å². The normalized spacial score (nSPS) is 10.9. The fourth-order valence-electron chi connectivity index (χ4n) is 3.62. The van der Waals surface area contributed by atoms with Gasteiger partial charge in [-0.15, -0.1) is 0 Å². The predicted molar refractivity (Wildman–Crippen MR) is 148 cm³/mol. The number of nitrogens with one attached hydrogen (secondary N) is 1. The second kappa shape index (κ2) is 13.3. The van der Waals surface area contributed by atoms with Gasteiger partial charge >= 0.3 is 11.6 Å². The first-order chi connectivity index (χ1) is 18.9. The lowest BCUT2D eigenvalue weighted by Gasteiger charge is -2.11. The average Bonchev–Trinajstić information content (AvgIpc) is 2.95. The maximum absolute atomic E-state index is 12.4. The summed E-state index contributed by atoms with van der Waals surface area (Å²) in [5, 5.41) is 3.95. The zero-order valence-electron chi connectivity index (χ0n) is 21.1. The Balaban J connectivity index is 1.21. The molecule has 0 saturated heterocycles. The van der Waals surface area contributed by atoms with Crippen molar-refractivity contribution in [3.63, 3.8) is 0 Å². The molecule has 0 unspecified atom stereocenters. The molecule has 0 radical (unpaired) electrons. The van der Waals surface area contributed by atoms with Crippen molar-refractivity contribution in [2.45, 2.75) is 13.0 Å². The predicted octanol–water partition coefficient (Wildman–Crippen LogP) is 5.41. The molecule has 8 nitrogen and oxygen atoms in total. The van der Waals surface area contributed by atoms with E-state index in [9.17, 15) is 14.4 Å². The van der Waals surface area contributed by atoms with E-state index in [1.807, 2.05) is 12.1 Å². The van der Waals surface area contributed by atoms with Gasteiger partial charge in [0.25, 0.3) is 5.91 Å². The smallest absolute Gasteiger partial charge is 0.349 e. The Morgan fingerprint density at radius 3 is 2.59 bits per heavy atom. The number of esters is 1. The van der Waals surface area contributed by atoms with Crippen molar-refractivity contribution < 1.29 is 28.2 Å². The minimum absolute atomic E-state index is 0.0783. The Labute approximate surface area is 229 Å². The minimum atomic E-state index is -0.708. The zero-order valence-corrected chi connectivity index (χ0v) is 21.9. The molecule has 39 heavy (non-hydrogen) atoms. The Bertz CT molecular complexity index is 1540. The van der Waals surface area contributed by atoms with Crippen LogP contribution in [0.2, 0.25) is 5.02 Å². The molecule has 0 bridgehead atoms. The molecular weight excluding hydrogens is 522 g/mol. The van der Waals surface area contributed by atoms with Gasteiger partial charge in [0.15, 0.2) is 11.5 Å². The molecule has 1 amide bonds. The van der Waals surface area contributed by atoms with Crippen LogP contribution in [0.15, 0.2) is 88.1 Å². The van der Waals surface area contributed by atoms with E-state index < -0.39 is 17.5 Å². The number of fused-ring (bicyclic) bond motifs is 1. The third kappa shape index (κ3) is 7.72. The Morgan fingerprint density at radius 1 is 1.00 bits per heavy atom. The summed E-state index contributed by atoms with van der Waals surface area (Å²) in [5.41, 5.74) is 1.32. The maximum atomic E-state index is 12.4. The first-order valence-corrected chi connectivity index (χ1v) is 12.5. The molecule has 0 fully saturated rings. The standard InChI is InChI=1S/C30H26ClNO7/c1-36-27-17-20(9-13-26(27)38-19-21-7-11-23(31)12-8-21)10-14-28(33)37-16-4-15-32-29(34)24-18-22-5-2-3-6-25(22)39-30(24)35/h2-3,5-14,17-18H,4,15-16,19H2,1H3,(H,32,34)/b14-10+. The molecular formula is C30H26ClNO7. The summed E-state index contributed by atoms with van der Waals surface area (Å²) in [6.07, 6.45) is 3.29. The highest BCUT2D eigenvalue weighted by Gasteiger charge is 2.13. The van der Waals surface area contributed by atoms with Gasteiger partial charge in [-0.2, -0.15) is 0 Å². The molecule has 3 aromatic carbocycles. The van der Waals surface area contributed by atoms with E-state index >= 15 is 0 Å². The fraction of sp³-hybridized carbons (Fsp3) is 0.167. The van der Waals surface area contributed by atoms with Crippen molar-refractivity contribution in [3.05, 3.63) is 111 Å². The van der Waals surface area contributed by atoms with Crippen LogP contribution in [0.25, 0.3) is 17.0 Å². The number of hydrogen-bond donors (Lipinski definition) is 1. The molecule has 1 aromatic heterocycles. The molecule has 0 aliphatic rings. The quantitative estimate of drug-likeness (QED) is 0.116. The summed E-state index contributed by atoms with van der Waals surface area (Å²) >= 11 is 5.91. The summed E-state index contributed by atoms with van der Waals surface area (Å²) in [6, 6.07) is 21.1. The van der Waals surface area contributed by atoms with Gasteiger partial charge in [0, 0.05) is 23.0 Å². The maximum Gasteiger partial charge on any atom is 0.349 e. The number of carbonyl (C=O) groups is 2. The zero-order chi connectivity index (χ0) is 27.6. The third-order valence-corrected chi connectivity index (χ3v) is 5.90. The van der Waals surface area contributed by atoms with E-state index in [1.54, 1.807) is 60.7 Å². The monoisotopic (exact) mass is 547 g/mol. The van der Waals surface area contributed by atoms with Gasteiger partial charge in [-0.1, -0.05) is 48.0 Å². The Kier molecular flexibility index (Phi) is 9.37. The minimum Gasteiger partial charge on any atom is -0.493 e. The van der Waals surface area contributed by atoms with Gasteiger partial charge in [-0.25, -0.2) is 9.59 Å². The van der Waals surface area contributed by atoms with Crippen LogP contribution >= 0.6 is 11.6 Å². The van der Waals surface area contributed by atoms with Crippen LogP contribution in [0.1, 0.15) is 27.9 Å². The highest BCUT2D eigenvalue weighted by molar-refractivity contribution is 6.30. The van der Waals surface area contributed by atoms with Gasteiger partial charge in [-0.3, -0.25) is 4.79 Å². The van der Waals surface area contributed by atoms with Gasteiger partial charge in [0.05, 0.1) is 13.7 Å². The van der Waals surface area contributed by atoms with E-state index in [0.29, 0.717) is 40.5 Å². The average molecular weight is 548 g/mol. The molecule has 0 spiro atoms. The first-order valence-electron chi connectivity index (χ1n) is 12.1. The highest BCUT2D eigenvalue weighted by atomic mass is 35.5. The molecule has 0 saturated carbocycles. The number of hydrogen-bond acceptors (Lipinski definition) is 7. The first kappa shape index (κ1) is 27.5. The molecule has 200 valence electrons. The SMILES string of the molecule is COc1cc(/C=C/C(=O)OCCCNC(=O)c2cc3ccccc3oc2=O)ccc1OCc1ccc(Cl)cc1. The molecule has 4 rings (SSSR count). The molecule has 9 heteroatoms. The van der Waals surface area contributed by atoms with E-state index in [0.717, 1.165) is 11.1 Å². The lowest BCUT2D eigenvalue weighted by Crippen LogP contribution is -2.29. The summed E-state index contributed by atoms with van der Waals surface area (Å²) in [4.78, 5) is 36.5. The van der Waals surface area contributed by atoms with Crippen molar-refractivity contribution in [1.82, 2.24) is 5.32 Å². The van der Waals surface area contributed by atoms with Crippen LogP contribution < -0.4 is 20.4 Å². The van der Waals surface area contributed by atoms with Crippen LogP contribution in [0.5, 0.6) is 11.5 Å². The second-order valence-corrected chi connectivity index (χ2v) is 8.86. The van der Waals surface area contributed by atoms with Crippen molar-refractivity contribution in [3.8, 4) is 11.5 Å². The van der Waals surface area contributed by atoms with Gasteiger partial charge < -0.3 is 23.9 Å².